The molecule has 0 aromatic heterocycles. The molecule has 2 fully saturated rings. The van der Waals surface area contributed by atoms with E-state index in [1.165, 1.54) is 0 Å². The van der Waals surface area contributed by atoms with E-state index in [0.29, 0.717) is 6.61 Å². The van der Waals surface area contributed by atoms with E-state index in [0.717, 1.165) is 0 Å². The zero-order valence-corrected chi connectivity index (χ0v) is 44.1. The summed E-state index contributed by atoms with van der Waals surface area (Å²) in [5.41, 5.74) is 9.44. The van der Waals surface area contributed by atoms with Gasteiger partial charge >= 0.3 is 0 Å². The van der Waals surface area contributed by atoms with Crippen LogP contribution in [0.4, 0.5) is 0 Å². The van der Waals surface area contributed by atoms with E-state index in [1.54, 1.807) is 0 Å². The average molecular weight is 873 g/mol. The molecule has 2 rings (SSSR count). The van der Waals surface area contributed by atoms with E-state index in [2.05, 4.69) is 148 Å². The fraction of sp³-hybridized carbons (Fsp3) is 1.00. The second-order valence-electron chi connectivity index (χ2n) is 21.2. The summed E-state index contributed by atoms with van der Waals surface area (Å²) >= 11 is 0. The summed E-state index contributed by atoms with van der Waals surface area (Å²) in [6.45, 7) is 45.7. The van der Waals surface area contributed by atoms with Gasteiger partial charge in [-0.3, -0.25) is 0 Å². The molecule has 2 aliphatic rings. The molecule has 2 heterocycles. The van der Waals surface area contributed by atoms with Gasteiger partial charge in [-0.15, -0.1) is 0 Å². The topological polar surface area (TPSA) is 141 Å². The quantitative estimate of drug-likeness (QED) is 0.0535. The molecule has 0 saturated carbocycles. The van der Waals surface area contributed by atoms with Crippen molar-refractivity contribution < 1.29 is 45.2 Å². The molecule has 13 nitrogen and oxygen atoms in total. The lowest BCUT2D eigenvalue weighted by Gasteiger charge is -2.54. The van der Waals surface area contributed by atoms with Gasteiger partial charge in [-0.2, -0.15) is 0 Å². The lowest BCUT2D eigenvalue weighted by atomic mass is 9.98. The van der Waals surface area contributed by atoms with Crippen LogP contribution >= 0.6 is 0 Å². The first-order chi connectivity index (χ1) is 23.6. The van der Waals surface area contributed by atoms with Gasteiger partial charge in [0.25, 0.3) is 0 Å². The summed E-state index contributed by atoms with van der Waals surface area (Å²) in [5.74, 6) is 0. The van der Waals surface area contributed by atoms with E-state index in [9.17, 15) is 5.53 Å². The van der Waals surface area contributed by atoms with E-state index in [-0.39, 0.29) is 6.54 Å². The molecule has 0 spiro atoms. The highest BCUT2D eigenvalue weighted by Crippen LogP contribution is 2.39. The number of ether oxygens (including phenoxy) is 3. The number of hydrogen-bond donors (Lipinski definition) is 0. The van der Waals surface area contributed by atoms with E-state index in [4.69, 9.17) is 45.2 Å². The first-order valence-corrected chi connectivity index (χ1v) is 43.1. The first kappa shape index (κ1) is 49.6. The molecule has 0 aromatic rings. The van der Waals surface area contributed by atoms with Crippen molar-refractivity contribution in [2.75, 3.05) is 13.2 Å². The molecular formula is C33H77N3O10Si7. The Hall–Kier alpha value is 0.428. The predicted octanol–water partition coefficient (Wildman–Crippen LogP) is 8.94. The largest absolute Gasteiger partial charge is 0.415 e. The average Bonchev–Trinajstić information content (AvgIpc) is 2.88. The third-order valence-corrected chi connectivity index (χ3v) is 14.3. The fourth-order valence-electron chi connectivity index (χ4n) is 6.09. The van der Waals surface area contributed by atoms with Crippen LogP contribution in [0.25, 0.3) is 10.4 Å². The monoisotopic (exact) mass is 871 g/mol. The van der Waals surface area contributed by atoms with Gasteiger partial charge in [-0.05, 0) is 143 Å². The maximum atomic E-state index is 9.44. The molecule has 53 heavy (non-hydrogen) atoms. The van der Waals surface area contributed by atoms with Crippen molar-refractivity contribution in [3.05, 3.63) is 10.4 Å². The molecule has 0 aromatic carbocycles. The van der Waals surface area contributed by atoms with Crippen LogP contribution in [0.2, 0.25) is 137 Å². The minimum absolute atomic E-state index is 0.0389. The number of azide groups is 1. The number of hydrogen-bond acceptors (Lipinski definition) is 11. The van der Waals surface area contributed by atoms with Crippen molar-refractivity contribution in [2.24, 2.45) is 5.11 Å². The summed E-state index contributed by atoms with van der Waals surface area (Å²) in [6, 6.07) is 0. The Morgan fingerprint density at radius 2 is 0.736 bits per heavy atom. The van der Waals surface area contributed by atoms with Gasteiger partial charge in [0.2, 0.25) is 0 Å². The molecular weight excluding hydrogens is 795 g/mol. The fourth-order valence-corrected chi connectivity index (χ4v) is 13.3. The maximum absolute atomic E-state index is 9.44. The Labute approximate surface area is 329 Å². The molecule has 2 aliphatic heterocycles. The van der Waals surface area contributed by atoms with E-state index >= 15 is 0 Å². The third kappa shape index (κ3) is 18.7. The summed E-state index contributed by atoms with van der Waals surface area (Å²) in [7, 11) is -15.2. The van der Waals surface area contributed by atoms with Crippen molar-refractivity contribution in [3.63, 3.8) is 0 Å². The minimum Gasteiger partial charge on any atom is -0.415 e. The summed E-state index contributed by atoms with van der Waals surface area (Å²) < 4.78 is 69.5. The van der Waals surface area contributed by atoms with Crippen LogP contribution in [0.15, 0.2) is 5.11 Å². The zero-order valence-electron chi connectivity index (χ0n) is 37.1. The molecule has 312 valence electrons. The zero-order chi connectivity index (χ0) is 41.2. The van der Waals surface area contributed by atoms with Crippen molar-refractivity contribution in [1.29, 1.82) is 0 Å². The second kappa shape index (κ2) is 18.6. The molecule has 0 aliphatic carbocycles. The molecule has 0 amide bonds. The Morgan fingerprint density at radius 1 is 0.434 bits per heavy atom. The van der Waals surface area contributed by atoms with Gasteiger partial charge in [0.15, 0.2) is 70.8 Å². The molecule has 10 atom stereocenters. The van der Waals surface area contributed by atoms with Crippen molar-refractivity contribution in [3.8, 4) is 0 Å². The summed E-state index contributed by atoms with van der Waals surface area (Å²) in [4.78, 5) is 3.09. The summed E-state index contributed by atoms with van der Waals surface area (Å²) in [5, 5.41) is 3.97. The van der Waals surface area contributed by atoms with Crippen LogP contribution in [-0.2, 0) is 45.2 Å². The van der Waals surface area contributed by atoms with Gasteiger partial charge in [0.05, 0.1) is 25.4 Å². The minimum atomic E-state index is -2.26. The van der Waals surface area contributed by atoms with E-state index in [1.807, 2.05) is 0 Å². The highest BCUT2D eigenvalue weighted by molar-refractivity contribution is 6.72. The predicted molar refractivity (Wildman–Crippen MR) is 231 cm³/mol. The van der Waals surface area contributed by atoms with Crippen LogP contribution in [0, 0.1) is 0 Å². The maximum Gasteiger partial charge on any atom is 0.188 e. The molecule has 0 bridgehead atoms. The SMILES string of the molecule is C[Si](C)(C)OC[C@H]1O[C@H](O[C@H]2O[C@H](CN=[N+]=[N-])[C@@H](O[Si](C)(C)C)[C@H](O[Si](C)(C)C)[C@H]2O[Si](C)(C)C)[C@H](O[Si](C)(C)C)[C@@H](O[Si](C)(C)C)[C@@H]1O[Si](C)(C)C. The molecule has 0 N–H and O–H groups in total. The number of nitrogens with zero attached hydrogens (tertiary/aromatic N) is 3. The van der Waals surface area contributed by atoms with Crippen molar-refractivity contribution in [2.45, 2.75) is 199 Å². The second-order valence-corrected chi connectivity index (χ2v) is 52.5. The van der Waals surface area contributed by atoms with Gasteiger partial charge in [0.1, 0.15) is 36.6 Å². The van der Waals surface area contributed by atoms with Crippen LogP contribution in [0.3, 0.4) is 0 Å². The molecule has 20 heteroatoms. The lowest BCUT2D eigenvalue weighted by Crippen LogP contribution is -2.69. The molecule has 0 radical (unpaired) electrons. The molecule has 2 saturated heterocycles. The smallest absolute Gasteiger partial charge is 0.188 e. The standard InChI is InChI=1S/C33H77N3O10Si7/c1-47(2,3)37-23-25-27(42-49(7,8)9)29(44-51(13,14)15)31(46-53(19,20)21)33(39-25)40-32-30(45-52(16,17)18)28(43-50(10,11)12)26(41-48(4,5)6)24(38-32)22-35-36-34/h24-33H,22-23H2,1-21H3/t24-,25-,26-,27-,28+,29+,30-,31-,32-,33-/m1/s1. The Morgan fingerprint density at radius 3 is 1.06 bits per heavy atom. The Bertz CT molecular complexity index is 1200. The van der Waals surface area contributed by atoms with Gasteiger partial charge in [-0.25, -0.2) is 0 Å². The van der Waals surface area contributed by atoms with Crippen LogP contribution in [0.1, 0.15) is 0 Å². The van der Waals surface area contributed by atoms with Crippen molar-refractivity contribution in [1.82, 2.24) is 0 Å². The van der Waals surface area contributed by atoms with Crippen LogP contribution in [0.5, 0.6) is 0 Å². The van der Waals surface area contributed by atoms with Gasteiger partial charge in [0, 0.05) is 4.91 Å². The highest BCUT2D eigenvalue weighted by Gasteiger charge is 2.57. The lowest BCUT2D eigenvalue weighted by molar-refractivity contribution is -0.366. The van der Waals surface area contributed by atoms with Gasteiger partial charge < -0.3 is 45.2 Å². The highest BCUT2D eigenvalue weighted by atomic mass is 28.4. The van der Waals surface area contributed by atoms with Crippen LogP contribution in [-0.4, -0.2) is 133 Å². The third-order valence-electron chi connectivity index (χ3n) is 7.39. The molecule has 0 unspecified atom stereocenters. The normalized spacial score (nSPS) is 31.3. The van der Waals surface area contributed by atoms with Crippen molar-refractivity contribution >= 4 is 58.2 Å². The first-order valence-electron chi connectivity index (χ1n) is 19.2. The Kier molecular flexibility index (Phi) is 17.4. The van der Waals surface area contributed by atoms with Gasteiger partial charge in [-0.1, -0.05) is 5.11 Å². The van der Waals surface area contributed by atoms with Crippen LogP contribution < -0.4 is 0 Å². The Balaban J connectivity index is 2.86. The van der Waals surface area contributed by atoms with E-state index < -0.39 is 120 Å². The summed E-state index contributed by atoms with van der Waals surface area (Å²) in [6.07, 6.45) is -6.41. The number of rotatable bonds is 19.